The van der Waals surface area contributed by atoms with Crippen molar-refractivity contribution >= 4 is 17.2 Å². The molecule has 0 saturated heterocycles. The van der Waals surface area contributed by atoms with Gasteiger partial charge in [0.2, 0.25) is 0 Å². The zero-order valence-electron chi connectivity index (χ0n) is 8.22. The summed E-state index contributed by atoms with van der Waals surface area (Å²) in [6, 6.07) is 8.96. The number of hydrogen-bond acceptors (Lipinski definition) is 2. The number of nitrogens with zero attached hydrogens (tertiary/aromatic N) is 1. The van der Waals surface area contributed by atoms with Gasteiger partial charge in [0.1, 0.15) is 6.29 Å². The maximum atomic E-state index is 11.5. The molecular formula is C12H11NO2. The minimum absolute atomic E-state index is 0.0213. The highest BCUT2D eigenvalue weighted by Gasteiger charge is 2.00. The average molecular weight is 201 g/mol. The van der Waals surface area contributed by atoms with Crippen molar-refractivity contribution in [2.45, 2.75) is 13.0 Å². The first kappa shape index (κ1) is 9.65. The van der Waals surface area contributed by atoms with Gasteiger partial charge < -0.3 is 9.36 Å². The SMILES string of the molecule is O=CCCn1ccc(=O)c2ccccc21. The number of rotatable bonds is 3. The number of para-hydroxylation sites is 1. The zero-order chi connectivity index (χ0) is 10.7. The summed E-state index contributed by atoms with van der Waals surface area (Å²) in [6.07, 6.45) is 3.08. The molecule has 0 spiro atoms. The summed E-state index contributed by atoms with van der Waals surface area (Å²) in [4.78, 5) is 21.8. The molecule has 0 unspecified atom stereocenters. The van der Waals surface area contributed by atoms with Gasteiger partial charge in [0, 0.05) is 30.6 Å². The lowest BCUT2D eigenvalue weighted by atomic mass is 10.2. The van der Waals surface area contributed by atoms with Crippen LogP contribution in [0.4, 0.5) is 0 Å². The Morgan fingerprint density at radius 2 is 2.00 bits per heavy atom. The molecule has 0 fully saturated rings. The molecule has 3 heteroatoms. The number of fused-ring (bicyclic) bond motifs is 1. The summed E-state index contributed by atoms with van der Waals surface area (Å²) in [5.74, 6) is 0. The Labute approximate surface area is 87.0 Å². The van der Waals surface area contributed by atoms with Crippen LogP contribution in [0.3, 0.4) is 0 Å². The van der Waals surface area contributed by atoms with E-state index in [4.69, 9.17) is 0 Å². The monoisotopic (exact) mass is 201 g/mol. The second kappa shape index (κ2) is 4.09. The van der Waals surface area contributed by atoms with E-state index >= 15 is 0 Å². The van der Waals surface area contributed by atoms with E-state index in [1.165, 1.54) is 6.07 Å². The van der Waals surface area contributed by atoms with E-state index in [-0.39, 0.29) is 5.43 Å². The third-order valence-electron chi connectivity index (χ3n) is 2.37. The van der Waals surface area contributed by atoms with E-state index in [0.29, 0.717) is 18.4 Å². The van der Waals surface area contributed by atoms with Crippen LogP contribution in [0.5, 0.6) is 0 Å². The topological polar surface area (TPSA) is 39.1 Å². The molecule has 1 heterocycles. The highest BCUT2D eigenvalue weighted by atomic mass is 16.1. The van der Waals surface area contributed by atoms with Crippen LogP contribution in [0.15, 0.2) is 41.3 Å². The standard InChI is InChI=1S/C12H11NO2/c14-9-3-7-13-8-6-12(15)10-4-1-2-5-11(10)13/h1-2,4-6,8-9H,3,7H2. The lowest BCUT2D eigenvalue weighted by Crippen LogP contribution is -2.08. The van der Waals surface area contributed by atoms with E-state index in [2.05, 4.69) is 0 Å². The molecule has 3 nitrogen and oxygen atoms in total. The molecule has 0 aliphatic rings. The number of benzene rings is 1. The van der Waals surface area contributed by atoms with Gasteiger partial charge >= 0.3 is 0 Å². The fraction of sp³-hybridized carbons (Fsp3) is 0.167. The van der Waals surface area contributed by atoms with Crippen molar-refractivity contribution < 1.29 is 4.79 Å². The Bertz CT molecular complexity index is 543. The van der Waals surface area contributed by atoms with Crippen LogP contribution in [-0.4, -0.2) is 10.9 Å². The van der Waals surface area contributed by atoms with Gasteiger partial charge in [0.05, 0.1) is 5.52 Å². The normalized spacial score (nSPS) is 10.4. The second-order valence-electron chi connectivity index (χ2n) is 3.35. The van der Waals surface area contributed by atoms with Crippen molar-refractivity contribution in [2.75, 3.05) is 0 Å². The minimum Gasteiger partial charge on any atom is -0.347 e. The Hall–Kier alpha value is -1.90. The van der Waals surface area contributed by atoms with Crippen LogP contribution in [0.1, 0.15) is 6.42 Å². The largest absolute Gasteiger partial charge is 0.347 e. The highest BCUT2D eigenvalue weighted by molar-refractivity contribution is 5.78. The highest BCUT2D eigenvalue weighted by Crippen LogP contribution is 2.09. The van der Waals surface area contributed by atoms with Crippen LogP contribution in [0, 0.1) is 0 Å². The predicted molar refractivity (Wildman–Crippen MR) is 58.9 cm³/mol. The van der Waals surface area contributed by atoms with Gasteiger partial charge in [-0.2, -0.15) is 0 Å². The van der Waals surface area contributed by atoms with Gasteiger partial charge in [-0.05, 0) is 12.1 Å². The third-order valence-corrected chi connectivity index (χ3v) is 2.37. The van der Waals surface area contributed by atoms with Crippen molar-refractivity contribution in [3.05, 3.63) is 46.8 Å². The number of carbonyl (C=O) groups is 1. The van der Waals surface area contributed by atoms with Crippen molar-refractivity contribution in [1.29, 1.82) is 0 Å². The van der Waals surface area contributed by atoms with Crippen LogP contribution >= 0.6 is 0 Å². The van der Waals surface area contributed by atoms with Gasteiger partial charge in [0.25, 0.3) is 0 Å². The number of aromatic nitrogens is 1. The zero-order valence-corrected chi connectivity index (χ0v) is 8.22. The first-order chi connectivity index (χ1) is 7.33. The maximum absolute atomic E-state index is 11.5. The van der Waals surface area contributed by atoms with Crippen molar-refractivity contribution in [3.8, 4) is 0 Å². The molecule has 2 aromatic rings. The van der Waals surface area contributed by atoms with E-state index < -0.39 is 0 Å². The lowest BCUT2D eigenvalue weighted by molar-refractivity contribution is -0.108. The summed E-state index contributed by atoms with van der Waals surface area (Å²) in [6.45, 7) is 0.615. The minimum atomic E-state index is 0.0213. The molecule has 0 atom stereocenters. The molecule has 1 aromatic heterocycles. The van der Waals surface area contributed by atoms with Crippen LogP contribution < -0.4 is 5.43 Å². The fourth-order valence-corrected chi connectivity index (χ4v) is 1.65. The van der Waals surface area contributed by atoms with Gasteiger partial charge in [0.15, 0.2) is 5.43 Å². The molecule has 76 valence electrons. The van der Waals surface area contributed by atoms with E-state index in [0.717, 1.165) is 11.8 Å². The quantitative estimate of drug-likeness (QED) is 0.707. The first-order valence-electron chi connectivity index (χ1n) is 4.85. The summed E-state index contributed by atoms with van der Waals surface area (Å²) in [5.41, 5.74) is 0.903. The van der Waals surface area contributed by atoms with Gasteiger partial charge in [-0.3, -0.25) is 4.79 Å². The number of carbonyl (C=O) groups excluding carboxylic acids is 1. The summed E-state index contributed by atoms with van der Waals surface area (Å²) in [5, 5.41) is 0.700. The van der Waals surface area contributed by atoms with E-state index in [1.54, 1.807) is 12.3 Å². The van der Waals surface area contributed by atoms with Gasteiger partial charge in [-0.15, -0.1) is 0 Å². The second-order valence-corrected chi connectivity index (χ2v) is 3.35. The molecule has 0 radical (unpaired) electrons. The Morgan fingerprint density at radius 1 is 1.20 bits per heavy atom. The summed E-state index contributed by atoms with van der Waals surface area (Å²) >= 11 is 0. The molecule has 0 amide bonds. The predicted octanol–water partition coefficient (Wildman–Crippen LogP) is 1.59. The molecule has 0 N–H and O–H groups in total. The molecule has 0 saturated carbocycles. The summed E-state index contributed by atoms with van der Waals surface area (Å²) in [7, 11) is 0. The average Bonchev–Trinajstić information content (AvgIpc) is 2.29. The first-order valence-corrected chi connectivity index (χ1v) is 4.85. The van der Waals surface area contributed by atoms with E-state index in [9.17, 15) is 9.59 Å². The van der Waals surface area contributed by atoms with E-state index in [1.807, 2.05) is 22.8 Å². The molecule has 0 aliphatic heterocycles. The van der Waals surface area contributed by atoms with Crippen molar-refractivity contribution in [1.82, 2.24) is 4.57 Å². The lowest BCUT2D eigenvalue weighted by Gasteiger charge is -2.07. The smallest absolute Gasteiger partial charge is 0.189 e. The summed E-state index contributed by atoms with van der Waals surface area (Å²) < 4.78 is 1.92. The van der Waals surface area contributed by atoms with Crippen LogP contribution in [0.2, 0.25) is 0 Å². The van der Waals surface area contributed by atoms with Crippen LogP contribution in [-0.2, 0) is 11.3 Å². The molecule has 1 aromatic carbocycles. The number of aryl methyl sites for hydroxylation is 1. The molecule has 0 bridgehead atoms. The van der Waals surface area contributed by atoms with Gasteiger partial charge in [-0.25, -0.2) is 0 Å². The third kappa shape index (κ3) is 1.81. The molecule has 0 aliphatic carbocycles. The Balaban J connectivity index is 2.61. The van der Waals surface area contributed by atoms with Crippen molar-refractivity contribution in [3.63, 3.8) is 0 Å². The number of aldehydes is 1. The Kier molecular flexibility index (Phi) is 2.63. The molecule has 2 rings (SSSR count). The van der Waals surface area contributed by atoms with Crippen molar-refractivity contribution in [2.24, 2.45) is 0 Å². The molecular weight excluding hydrogens is 190 g/mol. The maximum Gasteiger partial charge on any atom is 0.189 e. The number of hydrogen-bond donors (Lipinski definition) is 0. The van der Waals surface area contributed by atoms with Crippen LogP contribution in [0.25, 0.3) is 10.9 Å². The Morgan fingerprint density at radius 3 is 2.80 bits per heavy atom. The van der Waals surface area contributed by atoms with Gasteiger partial charge in [-0.1, -0.05) is 12.1 Å². The number of pyridine rings is 1. The molecule has 15 heavy (non-hydrogen) atoms. The fourth-order valence-electron chi connectivity index (χ4n) is 1.65.